The standard InChI is InChI=1S/C13H18F2N2/c14-11(10-4-2-1-3-5-10)8-17-7-6-13(16)12(15)9-17/h1-5,11-13H,6-9,16H2/t11?,12-,13-/m1/s1. The van der Waals surface area contributed by atoms with Crippen molar-refractivity contribution < 1.29 is 8.78 Å². The summed E-state index contributed by atoms with van der Waals surface area (Å²) in [6, 6.07) is 8.60. The first-order valence-electron chi connectivity index (χ1n) is 5.98. The molecule has 2 nitrogen and oxygen atoms in total. The molecule has 94 valence electrons. The summed E-state index contributed by atoms with van der Waals surface area (Å²) in [6.07, 6.45) is -1.49. The van der Waals surface area contributed by atoms with Gasteiger partial charge in [0.1, 0.15) is 12.3 Å². The number of rotatable bonds is 3. The Labute approximate surface area is 100 Å². The highest BCUT2D eigenvalue weighted by molar-refractivity contribution is 5.17. The van der Waals surface area contributed by atoms with Gasteiger partial charge in [0.15, 0.2) is 0 Å². The summed E-state index contributed by atoms with van der Waals surface area (Å²) in [4.78, 5) is 1.81. The molecular weight excluding hydrogens is 222 g/mol. The molecule has 3 atom stereocenters. The van der Waals surface area contributed by atoms with Crippen LogP contribution >= 0.6 is 0 Å². The SMILES string of the molecule is N[C@@H]1CCN(CC(F)c2ccccc2)C[C@H]1F. The number of piperidine rings is 1. The van der Waals surface area contributed by atoms with Gasteiger partial charge >= 0.3 is 0 Å². The van der Waals surface area contributed by atoms with E-state index in [4.69, 9.17) is 5.73 Å². The number of halogens is 2. The van der Waals surface area contributed by atoms with Crippen LogP contribution in [0.25, 0.3) is 0 Å². The molecule has 0 radical (unpaired) electrons. The van der Waals surface area contributed by atoms with E-state index in [1.165, 1.54) is 0 Å². The maximum atomic E-state index is 13.9. The van der Waals surface area contributed by atoms with Gasteiger partial charge in [-0.2, -0.15) is 0 Å². The average Bonchev–Trinajstić information content (AvgIpc) is 2.35. The van der Waals surface area contributed by atoms with Crippen LogP contribution in [0.2, 0.25) is 0 Å². The molecular formula is C13H18F2N2. The molecule has 0 amide bonds. The molecule has 1 aromatic carbocycles. The Balaban J connectivity index is 1.89. The van der Waals surface area contributed by atoms with Gasteiger partial charge in [-0.3, -0.25) is 4.90 Å². The van der Waals surface area contributed by atoms with Crippen LogP contribution in [0.1, 0.15) is 18.2 Å². The van der Waals surface area contributed by atoms with Crippen molar-refractivity contribution in [2.24, 2.45) is 5.73 Å². The summed E-state index contributed by atoms with van der Waals surface area (Å²) in [6.45, 7) is 1.17. The summed E-state index contributed by atoms with van der Waals surface area (Å²) >= 11 is 0. The van der Waals surface area contributed by atoms with Gasteiger partial charge in [-0.25, -0.2) is 8.78 Å². The Morgan fingerprint density at radius 3 is 2.71 bits per heavy atom. The zero-order valence-corrected chi connectivity index (χ0v) is 9.73. The number of likely N-dealkylation sites (tertiary alicyclic amines) is 1. The number of nitrogens with zero attached hydrogens (tertiary/aromatic N) is 1. The lowest BCUT2D eigenvalue weighted by molar-refractivity contribution is 0.0954. The lowest BCUT2D eigenvalue weighted by Gasteiger charge is -2.33. The van der Waals surface area contributed by atoms with Gasteiger partial charge in [0.05, 0.1) is 0 Å². The van der Waals surface area contributed by atoms with E-state index in [0.717, 1.165) is 0 Å². The van der Waals surface area contributed by atoms with Gasteiger partial charge in [-0.15, -0.1) is 0 Å². The van der Waals surface area contributed by atoms with Crippen LogP contribution < -0.4 is 5.73 Å². The number of nitrogens with two attached hydrogens (primary N) is 1. The Morgan fingerprint density at radius 2 is 2.06 bits per heavy atom. The highest BCUT2D eigenvalue weighted by Crippen LogP contribution is 2.21. The van der Waals surface area contributed by atoms with Gasteiger partial charge in [0.25, 0.3) is 0 Å². The topological polar surface area (TPSA) is 29.3 Å². The first kappa shape index (κ1) is 12.5. The molecule has 0 saturated carbocycles. The van der Waals surface area contributed by atoms with E-state index in [0.29, 0.717) is 18.5 Å². The Bertz CT molecular complexity index is 345. The third-order valence-electron chi connectivity index (χ3n) is 3.26. The quantitative estimate of drug-likeness (QED) is 0.876. The van der Waals surface area contributed by atoms with Gasteiger partial charge in [-0.1, -0.05) is 30.3 Å². The Kier molecular flexibility index (Phi) is 4.07. The van der Waals surface area contributed by atoms with E-state index in [9.17, 15) is 8.78 Å². The predicted molar refractivity (Wildman–Crippen MR) is 64.2 cm³/mol. The third-order valence-corrected chi connectivity index (χ3v) is 3.26. The van der Waals surface area contributed by atoms with Crippen molar-refractivity contribution in [2.75, 3.05) is 19.6 Å². The molecule has 1 aliphatic rings. The molecule has 0 aliphatic carbocycles. The highest BCUT2D eigenvalue weighted by Gasteiger charge is 2.27. The van der Waals surface area contributed by atoms with E-state index < -0.39 is 12.3 Å². The minimum atomic E-state index is -1.06. The summed E-state index contributed by atoms with van der Waals surface area (Å²) in [5.74, 6) is 0. The largest absolute Gasteiger partial charge is 0.325 e. The van der Waals surface area contributed by atoms with E-state index in [2.05, 4.69) is 0 Å². The number of alkyl halides is 2. The van der Waals surface area contributed by atoms with Crippen LogP contribution in [0.4, 0.5) is 8.78 Å². The average molecular weight is 240 g/mol. The maximum Gasteiger partial charge on any atom is 0.138 e. The van der Waals surface area contributed by atoms with Gasteiger partial charge in [0, 0.05) is 19.1 Å². The second-order valence-electron chi connectivity index (χ2n) is 4.61. The van der Waals surface area contributed by atoms with Crippen LogP contribution in [0.5, 0.6) is 0 Å². The summed E-state index contributed by atoms with van der Waals surface area (Å²) in [7, 11) is 0. The van der Waals surface area contributed by atoms with Crippen LogP contribution in [0, 0.1) is 0 Å². The molecule has 0 bridgehead atoms. The summed E-state index contributed by atoms with van der Waals surface area (Å²) in [5.41, 5.74) is 6.24. The van der Waals surface area contributed by atoms with E-state index >= 15 is 0 Å². The molecule has 2 rings (SSSR count). The number of hydrogen-bond donors (Lipinski definition) is 1. The van der Waals surface area contributed by atoms with Crippen LogP contribution in [-0.4, -0.2) is 36.7 Å². The number of benzene rings is 1. The molecule has 1 fully saturated rings. The molecule has 0 spiro atoms. The van der Waals surface area contributed by atoms with Crippen molar-refractivity contribution in [2.45, 2.75) is 24.8 Å². The van der Waals surface area contributed by atoms with Gasteiger partial charge < -0.3 is 5.73 Å². The molecule has 1 aliphatic heterocycles. The molecule has 0 aromatic heterocycles. The van der Waals surface area contributed by atoms with Gasteiger partial charge in [0.2, 0.25) is 0 Å². The lowest BCUT2D eigenvalue weighted by atomic mass is 10.0. The second kappa shape index (κ2) is 5.56. The van der Waals surface area contributed by atoms with E-state index in [-0.39, 0.29) is 19.1 Å². The monoisotopic (exact) mass is 240 g/mol. The lowest BCUT2D eigenvalue weighted by Crippen LogP contribution is -2.49. The summed E-state index contributed by atoms with van der Waals surface area (Å²) in [5, 5.41) is 0. The molecule has 1 unspecified atom stereocenters. The maximum absolute atomic E-state index is 13.9. The minimum Gasteiger partial charge on any atom is -0.325 e. The van der Waals surface area contributed by atoms with Crippen molar-refractivity contribution in [3.63, 3.8) is 0 Å². The zero-order chi connectivity index (χ0) is 12.3. The Morgan fingerprint density at radius 1 is 1.35 bits per heavy atom. The molecule has 2 N–H and O–H groups in total. The van der Waals surface area contributed by atoms with E-state index in [1.54, 1.807) is 12.1 Å². The van der Waals surface area contributed by atoms with Crippen LogP contribution in [-0.2, 0) is 0 Å². The van der Waals surface area contributed by atoms with E-state index in [1.807, 2.05) is 23.1 Å². The molecule has 4 heteroatoms. The number of hydrogen-bond acceptors (Lipinski definition) is 2. The second-order valence-corrected chi connectivity index (χ2v) is 4.61. The highest BCUT2D eigenvalue weighted by atomic mass is 19.1. The molecule has 1 saturated heterocycles. The summed E-state index contributed by atoms with van der Waals surface area (Å²) < 4.78 is 27.3. The molecule has 1 heterocycles. The Hall–Kier alpha value is -1.00. The fourth-order valence-corrected chi connectivity index (χ4v) is 2.15. The smallest absolute Gasteiger partial charge is 0.138 e. The third kappa shape index (κ3) is 3.23. The van der Waals surface area contributed by atoms with Crippen molar-refractivity contribution in [3.05, 3.63) is 35.9 Å². The molecule has 17 heavy (non-hydrogen) atoms. The van der Waals surface area contributed by atoms with Crippen molar-refractivity contribution in [1.82, 2.24) is 4.90 Å². The fourth-order valence-electron chi connectivity index (χ4n) is 2.15. The first-order chi connectivity index (χ1) is 8.16. The van der Waals surface area contributed by atoms with Gasteiger partial charge in [-0.05, 0) is 18.5 Å². The normalized spacial score (nSPS) is 27.9. The van der Waals surface area contributed by atoms with Crippen molar-refractivity contribution in [1.29, 1.82) is 0 Å². The minimum absolute atomic E-state index is 0.244. The predicted octanol–water partition coefficient (Wildman–Crippen LogP) is 2.07. The molecule has 1 aromatic rings. The first-order valence-corrected chi connectivity index (χ1v) is 5.98. The fraction of sp³-hybridized carbons (Fsp3) is 0.538. The van der Waals surface area contributed by atoms with Crippen molar-refractivity contribution in [3.8, 4) is 0 Å². The van der Waals surface area contributed by atoms with Crippen LogP contribution in [0.3, 0.4) is 0 Å². The zero-order valence-electron chi connectivity index (χ0n) is 9.73. The van der Waals surface area contributed by atoms with Crippen LogP contribution in [0.15, 0.2) is 30.3 Å². The van der Waals surface area contributed by atoms with Crippen molar-refractivity contribution >= 4 is 0 Å².